The number of urea groups is 1. The van der Waals surface area contributed by atoms with Gasteiger partial charge in [-0.15, -0.1) is 0 Å². The van der Waals surface area contributed by atoms with Gasteiger partial charge in [-0.3, -0.25) is 15.1 Å². The zero-order valence-electron chi connectivity index (χ0n) is 15.3. The minimum atomic E-state index is -0.334. The molecule has 0 aliphatic heterocycles. The van der Waals surface area contributed by atoms with E-state index in [9.17, 15) is 9.59 Å². The molecule has 0 atom stereocenters. The Hall–Kier alpha value is -3.42. The average molecular weight is 366 g/mol. The Morgan fingerprint density at radius 3 is 2.67 bits per heavy atom. The number of rotatable bonds is 6. The van der Waals surface area contributed by atoms with Gasteiger partial charge in [-0.1, -0.05) is 30.3 Å². The summed E-state index contributed by atoms with van der Waals surface area (Å²) in [4.78, 5) is 30.8. The highest BCUT2D eigenvalue weighted by molar-refractivity contribution is 5.88. The number of carbonyl (C=O) groups is 1. The van der Waals surface area contributed by atoms with E-state index in [0.717, 1.165) is 12.8 Å². The number of nitrogens with one attached hydrogen (secondary N) is 3. The summed E-state index contributed by atoms with van der Waals surface area (Å²) in [5.41, 5.74) is 2.22. The third-order valence-corrected chi connectivity index (χ3v) is 3.90. The third kappa shape index (κ3) is 5.04. The number of amides is 2. The number of hydrogen-bond donors (Lipinski definition) is 3. The molecule has 0 bridgehead atoms. The van der Waals surface area contributed by atoms with E-state index in [0.29, 0.717) is 23.8 Å². The van der Waals surface area contributed by atoms with Crippen LogP contribution >= 0.6 is 0 Å². The third-order valence-electron chi connectivity index (χ3n) is 3.90. The Bertz CT molecular complexity index is 977. The molecule has 3 aromatic rings. The molecule has 1 aromatic carbocycles. The Balaban J connectivity index is 1.60. The van der Waals surface area contributed by atoms with Crippen LogP contribution in [0, 0.1) is 13.8 Å². The summed E-state index contributed by atoms with van der Waals surface area (Å²) < 4.78 is 1.41. The molecule has 8 heteroatoms. The minimum Gasteiger partial charge on any atom is -0.338 e. The second-order valence-electron chi connectivity index (χ2n) is 6.26. The number of carbonyl (C=O) groups excluding carboxylic acids is 1. The van der Waals surface area contributed by atoms with Gasteiger partial charge in [0.2, 0.25) is 5.95 Å². The summed E-state index contributed by atoms with van der Waals surface area (Å²) in [5, 5.41) is 9.88. The van der Waals surface area contributed by atoms with Gasteiger partial charge in [0.05, 0.1) is 5.69 Å². The number of aryl methyl sites for hydroxylation is 3. The summed E-state index contributed by atoms with van der Waals surface area (Å²) in [5.74, 6) is 0.689. The van der Waals surface area contributed by atoms with E-state index in [2.05, 4.69) is 37.8 Å². The van der Waals surface area contributed by atoms with E-state index in [1.807, 2.05) is 18.2 Å². The molecule has 0 fully saturated rings. The van der Waals surface area contributed by atoms with Gasteiger partial charge < -0.3 is 5.32 Å². The van der Waals surface area contributed by atoms with Gasteiger partial charge >= 0.3 is 6.03 Å². The van der Waals surface area contributed by atoms with Gasteiger partial charge in [0.1, 0.15) is 5.82 Å². The van der Waals surface area contributed by atoms with E-state index in [4.69, 9.17) is 0 Å². The van der Waals surface area contributed by atoms with Gasteiger partial charge in [0, 0.05) is 24.4 Å². The minimum absolute atomic E-state index is 0.257. The Labute approximate surface area is 156 Å². The maximum atomic E-state index is 12.2. The molecular weight excluding hydrogens is 344 g/mol. The first-order valence-corrected chi connectivity index (χ1v) is 8.75. The molecule has 0 spiro atoms. The SMILES string of the molecule is Cc1cc(=O)[nH]c(-n2nc(C)cc2NC(=O)NCCCc2ccccc2)n1. The largest absolute Gasteiger partial charge is 0.338 e. The predicted octanol–water partition coefficient (Wildman–Crippen LogP) is 2.33. The number of aromatic nitrogens is 4. The van der Waals surface area contributed by atoms with Crippen molar-refractivity contribution in [2.75, 3.05) is 11.9 Å². The van der Waals surface area contributed by atoms with Crippen molar-refractivity contribution in [3.63, 3.8) is 0 Å². The monoisotopic (exact) mass is 366 g/mol. The quantitative estimate of drug-likeness (QED) is 0.582. The molecule has 0 aliphatic carbocycles. The van der Waals surface area contributed by atoms with E-state index in [1.54, 1.807) is 19.9 Å². The normalized spacial score (nSPS) is 10.6. The van der Waals surface area contributed by atoms with Gasteiger partial charge in [-0.05, 0) is 32.3 Å². The van der Waals surface area contributed by atoms with Crippen LogP contribution in [-0.4, -0.2) is 32.3 Å². The van der Waals surface area contributed by atoms with Gasteiger partial charge in [0.15, 0.2) is 0 Å². The van der Waals surface area contributed by atoms with E-state index >= 15 is 0 Å². The van der Waals surface area contributed by atoms with Crippen LogP contribution in [0.25, 0.3) is 5.95 Å². The Morgan fingerprint density at radius 1 is 1.15 bits per heavy atom. The number of hydrogen-bond acceptors (Lipinski definition) is 4. The van der Waals surface area contributed by atoms with Crippen LogP contribution in [0.3, 0.4) is 0 Å². The molecule has 3 rings (SSSR count). The predicted molar refractivity (Wildman–Crippen MR) is 103 cm³/mol. The smallest absolute Gasteiger partial charge is 0.320 e. The summed E-state index contributed by atoms with van der Waals surface area (Å²) in [6.45, 7) is 4.07. The van der Waals surface area contributed by atoms with Crippen LogP contribution in [-0.2, 0) is 6.42 Å². The number of H-pyrrole nitrogens is 1. The molecule has 2 aromatic heterocycles. The summed E-state index contributed by atoms with van der Waals surface area (Å²) in [7, 11) is 0. The van der Waals surface area contributed by atoms with E-state index in [-0.39, 0.29) is 17.5 Å². The average Bonchev–Trinajstić information content (AvgIpc) is 2.99. The maximum absolute atomic E-state index is 12.2. The molecule has 2 heterocycles. The van der Waals surface area contributed by atoms with Crippen LogP contribution in [0.5, 0.6) is 0 Å². The maximum Gasteiger partial charge on any atom is 0.320 e. The van der Waals surface area contributed by atoms with Crippen molar-refractivity contribution in [3.8, 4) is 5.95 Å². The lowest BCUT2D eigenvalue weighted by Crippen LogP contribution is -2.31. The van der Waals surface area contributed by atoms with Gasteiger partial charge in [-0.25, -0.2) is 9.78 Å². The standard InChI is InChI=1S/C19H22N6O2/c1-13-12-17(26)23-18(21-13)25-16(11-14(2)24-25)22-19(27)20-10-6-9-15-7-4-3-5-8-15/h3-5,7-8,11-12H,6,9-10H2,1-2H3,(H2,20,22,27)(H,21,23,26). The van der Waals surface area contributed by atoms with Crippen molar-refractivity contribution >= 4 is 11.8 Å². The van der Waals surface area contributed by atoms with Crippen LogP contribution in [0.15, 0.2) is 47.3 Å². The van der Waals surface area contributed by atoms with Crippen molar-refractivity contribution in [3.05, 3.63) is 69.8 Å². The molecule has 0 aliphatic rings. The molecule has 8 nitrogen and oxygen atoms in total. The summed E-state index contributed by atoms with van der Waals surface area (Å²) in [6, 6.07) is 12.9. The molecule has 140 valence electrons. The van der Waals surface area contributed by atoms with Gasteiger partial charge in [0.25, 0.3) is 5.56 Å². The van der Waals surface area contributed by atoms with Crippen molar-refractivity contribution in [1.29, 1.82) is 0 Å². The fourth-order valence-corrected chi connectivity index (χ4v) is 2.71. The van der Waals surface area contributed by atoms with Crippen LogP contribution < -0.4 is 16.2 Å². The van der Waals surface area contributed by atoms with Crippen LogP contribution in [0.4, 0.5) is 10.6 Å². The second kappa shape index (κ2) is 8.31. The van der Waals surface area contributed by atoms with Gasteiger partial charge in [-0.2, -0.15) is 9.78 Å². The summed E-state index contributed by atoms with van der Waals surface area (Å²) in [6.07, 6.45) is 1.73. The molecule has 0 radical (unpaired) electrons. The first kappa shape index (κ1) is 18.4. The number of benzene rings is 1. The van der Waals surface area contributed by atoms with Crippen molar-refractivity contribution in [2.24, 2.45) is 0 Å². The highest BCUT2D eigenvalue weighted by atomic mass is 16.2. The van der Waals surface area contributed by atoms with Crippen LogP contribution in [0.1, 0.15) is 23.4 Å². The number of nitrogens with zero attached hydrogens (tertiary/aromatic N) is 3. The number of aromatic amines is 1. The van der Waals surface area contributed by atoms with Crippen molar-refractivity contribution in [2.45, 2.75) is 26.7 Å². The first-order chi connectivity index (χ1) is 13.0. The zero-order chi connectivity index (χ0) is 19.2. The highest BCUT2D eigenvalue weighted by Crippen LogP contribution is 2.13. The second-order valence-corrected chi connectivity index (χ2v) is 6.26. The van der Waals surface area contributed by atoms with Crippen LogP contribution in [0.2, 0.25) is 0 Å². The van der Waals surface area contributed by atoms with E-state index in [1.165, 1.54) is 16.3 Å². The molecule has 2 amide bonds. The molecule has 27 heavy (non-hydrogen) atoms. The lowest BCUT2D eigenvalue weighted by molar-refractivity contribution is 0.252. The zero-order valence-corrected chi connectivity index (χ0v) is 15.3. The number of anilines is 1. The molecule has 0 saturated heterocycles. The lowest BCUT2D eigenvalue weighted by Gasteiger charge is -2.09. The first-order valence-electron chi connectivity index (χ1n) is 8.75. The Morgan fingerprint density at radius 2 is 1.93 bits per heavy atom. The fraction of sp³-hybridized carbons (Fsp3) is 0.263. The molecule has 0 saturated carbocycles. The topological polar surface area (TPSA) is 105 Å². The molecule has 3 N–H and O–H groups in total. The molecule has 0 unspecified atom stereocenters. The van der Waals surface area contributed by atoms with Crippen molar-refractivity contribution < 1.29 is 4.79 Å². The highest BCUT2D eigenvalue weighted by Gasteiger charge is 2.12. The van der Waals surface area contributed by atoms with Crippen molar-refractivity contribution in [1.82, 2.24) is 25.1 Å². The van der Waals surface area contributed by atoms with E-state index < -0.39 is 0 Å². The lowest BCUT2D eigenvalue weighted by atomic mass is 10.1. The molecular formula is C19H22N6O2. The summed E-state index contributed by atoms with van der Waals surface area (Å²) >= 11 is 0. The fourth-order valence-electron chi connectivity index (χ4n) is 2.71. The Kier molecular flexibility index (Phi) is 5.65.